The standard InChI is InChI=1S/C17H13F2N5O2/c18-11-2-1-3-12(19)14(11)16(25)23-13-9-22-24-15(13)17(26)21-8-10-4-6-20-7-5-10/h1-7,9H,8H2,(H,21,26)(H,22,24)(H,23,25)/p+1. The van der Waals surface area contributed by atoms with Crippen molar-refractivity contribution >= 4 is 17.5 Å². The molecule has 0 unspecified atom stereocenters. The molecule has 2 amide bonds. The van der Waals surface area contributed by atoms with Gasteiger partial charge in [-0.15, -0.1) is 0 Å². The molecule has 132 valence electrons. The second-order valence-corrected chi connectivity index (χ2v) is 5.34. The Morgan fingerprint density at radius 3 is 2.50 bits per heavy atom. The lowest BCUT2D eigenvalue weighted by molar-refractivity contribution is -0.572. The van der Waals surface area contributed by atoms with Gasteiger partial charge in [0.1, 0.15) is 23.7 Å². The zero-order valence-electron chi connectivity index (χ0n) is 13.4. The number of carbonyl (C=O) groups is 2. The Morgan fingerprint density at radius 2 is 1.81 bits per heavy atom. The van der Waals surface area contributed by atoms with Gasteiger partial charge in [0.05, 0.1) is 11.9 Å². The SMILES string of the molecule is O=C([NH2+]Cc1ccncc1)c1[nH]ncc1NC(=O)c1c(F)cccc1F. The van der Waals surface area contributed by atoms with E-state index >= 15 is 0 Å². The maximum Gasteiger partial charge on any atom is 0.363 e. The number of primary amides is 1. The zero-order valence-corrected chi connectivity index (χ0v) is 13.4. The molecule has 2 heterocycles. The lowest BCUT2D eigenvalue weighted by Crippen LogP contribution is -2.86. The zero-order chi connectivity index (χ0) is 18.5. The molecular weight excluding hydrogens is 344 g/mol. The van der Waals surface area contributed by atoms with E-state index in [1.165, 1.54) is 11.5 Å². The molecule has 0 aliphatic heterocycles. The highest BCUT2D eigenvalue weighted by Crippen LogP contribution is 2.16. The molecule has 1 aromatic carbocycles. The molecule has 0 saturated carbocycles. The van der Waals surface area contributed by atoms with Gasteiger partial charge in [-0.05, 0) is 24.3 Å². The minimum Gasteiger partial charge on any atom is -0.318 e. The molecule has 0 atom stereocenters. The molecule has 7 nitrogen and oxygen atoms in total. The van der Waals surface area contributed by atoms with Gasteiger partial charge in [-0.3, -0.25) is 20.2 Å². The third kappa shape index (κ3) is 3.78. The van der Waals surface area contributed by atoms with Crippen molar-refractivity contribution < 1.29 is 23.7 Å². The van der Waals surface area contributed by atoms with Gasteiger partial charge >= 0.3 is 5.91 Å². The number of quaternary nitrogens is 1. The van der Waals surface area contributed by atoms with Gasteiger partial charge in [0, 0.05) is 18.0 Å². The number of nitrogens with one attached hydrogen (secondary N) is 2. The van der Waals surface area contributed by atoms with Crippen LogP contribution in [0.5, 0.6) is 0 Å². The van der Waals surface area contributed by atoms with E-state index in [1.54, 1.807) is 24.5 Å². The molecule has 0 aliphatic rings. The predicted molar refractivity (Wildman–Crippen MR) is 87.1 cm³/mol. The third-order valence-electron chi connectivity index (χ3n) is 3.60. The van der Waals surface area contributed by atoms with E-state index in [-0.39, 0.29) is 11.4 Å². The maximum absolute atomic E-state index is 13.7. The number of hydrogen-bond donors (Lipinski definition) is 3. The summed E-state index contributed by atoms with van der Waals surface area (Å²) in [5.74, 6) is -3.42. The number of pyridine rings is 1. The van der Waals surface area contributed by atoms with Crippen LogP contribution in [-0.2, 0) is 6.54 Å². The highest BCUT2D eigenvalue weighted by molar-refractivity contribution is 6.07. The Hall–Kier alpha value is -3.46. The van der Waals surface area contributed by atoms with E-state index < -0.39 is 29.0 Å². The van der Waals surface area contributed by atoms with Gasteiger partial charge < -0.3 is 5.32 Å². The number of benzene rings is 1. The summed E-state index contributed by atoms with van der Waals surface area (Å²) in [5, 5.41) is 9.90. The first-order valence-electron chi connectivity index (χ1n) is 7.61. The van der Waals surface area contributed by atoms with Crippen molar-refractivity contribution in [2.75, 3.05) is 5.32 Å². The summed E-state index contributed by atoms with van der Waals surface area (Å²) >= 11 is 0. The number of aromatic nitrogens is 3. The molecule has 0 spiro atoms. The summed E-state index contributed by atoms with van der Waals surface area (Å²) in [6.45, 7) is 0.357. The predicted octanol–water partition coefficient (Wildman–Crippen LogP) is 1.24. The van der Waals surface area contributed by atoms with Gasteiger partial charge in [-0.1, -0.05) is 6.07 Å². The van der Waals surface area contributed by atoms with Crippen LogP contribution in [0.1, 0.15) is 26.4 Å². The van der Waals surface area contributed by atoms with Gasteiger partial charge in [0.2, 0.25) is 0 Å². The summed E-state index contributed by atoms with van der Waals surface area (Å²) in [6.07, 6.45) is 4.42. The fourth-order valence-electron chi connectivity index (χ4n) is 2.30. The van der Waals surface area contributed by atoms with Crippen LogP contribution in [-0.4, -0.2) is 27.0 Å². The second kappa shape index (κ2) is 7.62. The van der Waals surface area contributed by atoms with Crippen LogP contribution in [0.15, 0.2) is 48.9 Å². The van der Waals surface area contributed by atoms with Crippen molar-refractivity contribution in [3.63, 3.8) is 0 Å². The number of nitrogens with zero attached hydrogens (tertiary/aromatic N) is 2. The number of nitrogens with two attached hydrogens (primary N) is 1. The summed E-state index contributed by atoms with van der Waals surface area (Å²) in [5.41, 5.74) is 0.206. The van der Waals surface area contributed by atoms with Crippen LogP contribution in [0, 0.1) is 11.6 Å². The lowest BCUT2D eigenvalue weighted by Gasteiger charge is -2.06. The fraction of sp³-hybridized carbons (Fsp3) is 0.0588. The first-order chi connectivity index (χ1) is 12.6. The Balaban J connectivity index is 1.72. The average molecular weight is 358 g/mol. The summed E-state index contributed by atoms with van der Waals surface area (Å²) in [7, 11) is 0. The quantitative estimate of drug-likeness (QED) is 0.638. The van der Waals surface area contributed by atoms with Gasteiger partial charge in [0.15, 0.2) is 5.69 Å². The van der Waals surface area contributed by atoms with Crippen LogP contribution in [0.3, 0.4) is 0 Å². The molecule has 4 N–H and O–H groups in total. The molecule has 0 fully saturated rings. The number of H-pyrrole nitrogens is 1. The Kier molecular flexibility index (Phi) is 5.09. The number of carbonyl (C=O) groups excluding carboxylic acids is 2. The largest absolute Gasteiger partial charge is 0.363 e. The van der Waals surface area contributed by atoms with Gasteiger partial charge in [-0.2, -0.15) is 5.10 Å². The topological polar surface area (TPSA) is 104 Å². The van der Waals surface area contributed by atoms with Crippen molar-refractivity contribution in [3.05, 3.63) is 77.4 Å². The number of amides is 2. The maximum atomic E-state index is 13.7. The molecule has 9 heteroatoms. The normalized spacial score (nSPS) is 10.5. The van der Waals surface area contributed by atoms with Gasteiger partial charge in [-0.25, -0.2) is 13.6 Å². The van der Waals surface area contributed by atoms with E-state index in [4.69, 9.17) is 0 Å². The first kappa shape index (κ1) is 17.4. The molecule has 2 aromatic heterocycles. The van der Waals surface area contributed by atoms with E-state index in [1.807, 2.05) is 0 Å². The lowest BCUT2D eigenvalue weighted by atomic mass is 10.2. The van der Waals surface area contributed by atoms with Crippen molar-refractivity contribution in [1.29, 1.82) is 0 Å². The number of halogens is 2. The van der Waals surface area contributed by atoms with E-state index in [9.17, 15) is 18.4 Å². The van der Waals surface area contributed by atoms with Gasteiger partial charge in [0.25, 0.3) is 5.91 Å². The minimum absolute atomic E-state index is 0.0177. The second-order valence-electron chi connectivity index (χ2n) is 5.34. The Bertz CT molecular complexity index is 923. The van der Waals surface area contributed by atoms with Crippen LogP contribution < -0.4 is 10.6 Å². The van der Waals surface area contributed by atoms with Crippen LogP contribution in [0.25, 0.3) is 0 Å². The molecule has 0 aliphatic carbocycles. The van der Waals surface area contributed by atoms with Crippen molar-refractivity contribution in [1.82, 2.24) is 15.2 Å². The average Bonchev–Trinajstić information content (AvgIpc) is 3.08. The van der Waals surface area contributed by atoms with Crippen LogP contribution >= 0.6 is 0 Å². The molecule has 0 radical (unpaired) electrons. The molecule has 3 rings (SSSR count). The highest BCUT2D eigenvalue weighted by atomic mass is 19.1. The van der Waals surface area contributed by atoms with E-state index in [0.717, 1.165) is 23.8 Å². The molecule has 3 aromatic rings. The monoisotopic (exact) mass is 358 g/mol. The Morgan fingerprint density at radius 1 is 1.12 bits per heavy atom. The van der Waals surface area contributed by atoms with Crippen molar-refractivity contribution in [2.45, 2.75) is 6.54 Å². The van der Waals surface area contributed by atoms with Crippen LogP contribution in [0.2, 0.25) is 0 Å². The fourth-order valence-corrected chi connectivity index (χ4v) is 2.30. The molecular formula is C17H14F2N5O2+. The van der Waals surface area contributed by atoms with E-state index in [2.05, 4.69) is 20.5 Å². The summed E-state index contributed by atoms with van der Waals surface area (Å²) < 4.78 is 27.4. The molecule has 26 heavy (non-hydrogen) atoms. The number of anilines is 1. The van der Waals surface area contributed by atoms with Crippen molar-refractivity contribution in [3.8, 4) is 0 Å². The number of rotatable bonds is 5. The molecule has 0 saturated heterocycles. The smallest absolute Gasteiger partial charge is 0.318 e. The third-order valence-corrected chi connectivity index (χ3v) is 3.60. The first-order valence-corrected chi connectivity index (χ1v) is 7.61. The Labute approximate surface area is 146 Å². The number of aromatic amines is 1. The molecule has 0 bridgehead atoms. The highest BCUT2D eigenvalue weighted by Gasteiger charge is 2.22. The van der Waals surface area contributed by atoms with Crippen LogP contribution in [0.4, 0.5) is 14.5 Å². The number of hydrogen-bond acceptors (Lipinski definition) is 4. The minimum atomic E-state index is -1.01. The summed E-state index contributed by atoms with van der Waals surface area (Å²) in [4.78, 5) is 28.3. The van der Waals surface area contributed by atoms with E-state index in [0.29, 0.717) is 6.54 Å². The summed E-state index contributed by atoms with van der Waals surface area (Å²) in [6, 6.07) is 6.63. The van der Waals surface area contributed by atoms with Crippen molar-refractivity contribution in [2.24, 2.45) is 0 Å².